The van der Waals surface area contributed by atoms with Gasteiger partial charge in [0.2, 0.25) is 5.78 Å². The van der Waals surface area contributed by atoms with Crippen LogP contribution in [-0.2, 0) is 0 Å². The summed E-state index contributed by atoms with van der Waals surface area (Å²) in [6, 6.07) is 7.04. The van der Waals surface area contributed by atoms with E-state index in [9.17, 15) is 9.59 Å². The van der Waals surface area contributed by atoms with Crippen LogP contribution in [0.15, 0.2) is 24.3 Å². The topological polar surface area (TPSA) is 85.7 Å². The Morgan fingerprint density at radius 3 is 2.41 bits per heavy atom. The van der Waals surface area contributed by atoms with Gasteiger partial charge in [0, 0.05) is 0 Å². The van der Waals surface area contributed by atoms with Gasteiger partial charge in [0.15, 0.2) is 23.1 Å². The Labute approximate surface area is 131 Å². The number of nitrogens with zero attached hydrogens (tertiary/aromatic N) is 1. The van der Waals surface area contributed by atoms with Crippen LogP contribution in [-0.4, -0.2) is 35.1 Å². The molecule has 2 rings (SSSR count). The Morgan fingerprint density at radius 1 is 1.23 bits per heavy atom. The third kappa shape index (κ3) is 3.62. The Balaban J connectivity index is 2.07. The molecule has 0 saturated heterocycles. The molecule has 0 fully saturated rings. The van der Waals surface area contributed by atoms with Gasteiger partial charge < -0.3 is 14.6 Å². The summed E-state index contributed by atoms with van der Waals surface area (Å²) in [4.78, 5) is 27.1. The monoisotopic (exact) mass is 321 g/mol. The summed E-state index contributed by atoms with van der Waals surface area (Å²) >= 11 is 0.854. The van der Waals surface area contributed by atoms with Crippen molar-refractivity contribution in [2.24, 2.45) is 0 Å². The summed E-state index contributed by atoms with van der Waals surface area (Å²) in [6.07, 6.45) is 0. The number of carbonyl (C=O) groups is 2. The van der Waals surface area contributed by atoms with Gasteiger partial charge in [-0.15, -0.1) is 11.3 Å². The van der Waals surface area contributed by atoms with Crippen molar-refractivity contribution in [3.05, 3.63) is 39.8 Å². The van der Waals surface area contributed by atoms with Gasteiger partial charge in [0.25, 0.3) is 0 Å². The van der Waals surface area contributed by atoms with Crippen molar-refractivity contribution < 1.29 is 24.2 Å². The Morgan fingerprint density at radius 2 is 1.86 bits per heavy atom. The third-order valence-electron chi connectivity index (χ3n) is 2.74. The van der Waals surface area contributed by atoms with Crippen LogP contribution in [0.4, 0.5) is 0 Å². The quantitative estimate of drug-likeness (QED) is 0.789. The smallest absolute Gasteiger partial charge is 0.347 e. The van der Waals surface area contributed by atoms with Crippen molar-refractivity contribution in [3.8, 4) is 11.5 Å². The Kier molecular flexibility index (Phi) is 5.11. The number of Topliss-reactive ketones (excluding diaryl/α,β-unsaturated/α-hetero) is 1. The molecule has 6 nitrogen and oxygen atoms in total. The molecule has 2 aromatic rings. The second kappa shape index (κ2) is 7.04. The third-order valence-corrected chi connectivity index (χ3v) is 3.92. The molecule has 116 valence electrons. The molecule has 0 bridgehead atoms. The highest BCUT2D eigenvalue weighted by molar-refractivity contribution is 7.15. The molecule has 0 unspecified atom stereocenters. The summed E-state index contributed by atoms with van der Waals surface area (Å²) in [6.45, 7) is 3.67. The zero-order valence-electron chi connectivity index (χ0n) is 12.2. The lowest BCUT2D eigenvalue weighted by Crippen LogP contribution is -2.12. The van der Waals surface area contributed by atoms with E-state index >= 15 is 0 Å². The minimum atomic E-state index is -1.09. The van der Waals surface area contributed by atoms with E-state index in [2.05, 4.69) is 4.98 Å². The van der Waals surface area contributed by atoms with E-state index < -0.39 is 5.97 Å². The van der Waals surface area contributed by atoms with Gasteiger partial charge in [-0.2, -0.15) is 0 Å². The number of carboxylic acid groups (broad SMARTS) is 1. The van der Waals surface area contributed by atoms with Crippen LogP contribution >= 0.6 is 11.3 Å². The molecule has 0 amide bonds. The lowest BCUT2D eigenvalue weighted by atomic mass is 10.3. The highest BCUT2D eigenvalue weighted by Crippen LogP contribution is 2.26. The molecule has 22 heavy (non-hydrogen) atoms. The van der Waals surface area contributed by atoms with Crippen molar-refractivity contribution >= 4 is 23.1 Å². The van der Waals surface area contributed by atoms with Crippen LogP contribution in [0.5, 0.6) is 11.5 Å². The molecule has 0 atom stereocenters. The van der Waals surface area contributed by atoms with Crippen molar-refractivity contribution in [2.75, 3.05) is 13.2 Å². The number of hydrogen-bond acceptors (Lipinski definition) is 6. The minimum absolute atomic E-state index is 0.0677. The van der Waals surface area contributed by atoms with Crippen LogP contribution in [0, 0.1) is 6.92 Å². The number of aryl methyl sites for hydroxylation is 1. The molecule has 0 aliphatic carbocycles. The van der Waals surface area contributed by atoms with E-state index in [0.29, 0.717) is 23.8 Å². The number of thiazole rings is 1. The number of para-hydroxylation sites is 2. The van der Waals surface area contributed by atoms with Gasteiger partial charge in [-0.3, -0.25) is 4.79 Å². The van der Waals surface area contributed by atoms with Crippen molar-refractivity contribution in [1.82, 2.24) is 4.98 Å². The molecule has 1 heterocycles. The maximum Gasteiger partial charge on any atom is 0.347 e. The van der Waals surface area contributed by atoms with Crippen LogP contribution in [0.3, 0.4) is 0 Å². The van der Waals surface area contributed by atoms with Gasteiger partial charge in [0.1, 0.15) is 4.88 Å². The summed E-state index contributed by atoms with van der Waals surface area (Å²) in [5.41, 5.74) is 0.329. The molecule has 1 N–H and O–H groups in total. The normalized spacial score (nSPS) is 10.3. The molecule has 1 aromatic carbocycles. The zero-order valence-corrected chi connectivity index (χ0v) is 13.0. The second-order valence-corrected chi connectivity index (χ2v) is 5.33. The molecule has 7 heteroatoms. The van der Waals surface area contributed by atoms with Crippen molar-refractivity contribution in [2.45, 2.75) is 13.8 Å². The summed E-state index contributed by atoms with van der Waals surface area (Å²) in [7, 11) is 0. The van der Waals surface area contributed by atoms with Crippen LogP contribution < -0.4 is 9.47 Å². The molecule has 0 aliphatic heterocycles. The van der Waals surface area contributed by atoms with Crippen molar-refractivity contribution in [3.63, 3.8) is 0 Å². The lowest BCUT2D eigenvalue weighted by molar-refractivity contribution is 0.0701. The molecular formula is C15H15NO5S. The number of carboxylic acids is 1. The van der Waals surface area contributed by atoms with E-state index in [1.807, 2.05) is 13.0 Å². The molecule has 0 radical (unpaired) electrons. The predicted octanol–water partition coefficient (Wildman–Crippen LogP) is 2.81. The van der Waals surface area contributed by atoms with Gasteiger partial charge in [-0.25, -0.2) is 9.78 Å². The zero-order chi connectivity index (χ0) is 16.1. The lowest BCUT2D eigenvalue weighted by Gasteiger charge is -2.10. The number of ether oxygens (including phenoxy) is 2. The fourth-order valence-corrected chi connectivity index (χ4v) is 2.59. The molecular weight excluding hydrogens is 306 g/mol. The fraction of sp³-hybridized carbons (Fsp3) is 0.267. The highest BCUT2D eigenvalue weighted by Gasteiger charge is 2.19. The van der Waals surface area contributed by atoms with Gasteiger partial charge in [-0.1, -0.05) is 12.1 Å². The first-order valence-corrected chi connectivity index (χ1v) is 7.43. The van der Waals surface area contributed by atoms with E-state index in [4.69, 9.17) is 14.6 Å². The van der Waals surface area contributed by atoms with Gasteiger partial charge in [0.05, 0.1) is 12.3 Å². The van der Waals surface area contributed by atoms with Crippen molar-refractivity contribution in [1.29, 1.82) is 0 Å². The largest absolute Gasteiger partial charge is 0.490 e. The fourth-order valence-electron chi connectivity index (χ4n) is 1.76. The van der Waals surface area contributed by atoms with Crippen LogP contribution in [0.1, 0.15) is 32.1 Å². The Bertz CT molecular complexity index is 695. The number of aromatic carboxylic acids is 1. The minimum Gasteiger partial charge on any atom is -0.490 e. The maximum absolute atomic E-state index is 12.1. The molecule has 0 spiro atoms. The number of carbonyl (C=O) groups excluding carboxylic acids is 1. The summed E-state index contributed by atoms with van der Waals surface area (Å²) in [5.74, 6) is -0.438. The molecule has 0 aliphatic rings. The molecule has 1 aromatic heterocycles. The predicted molar refractivity (Wildman–Crippen MR) is 81.2 cm³/mol. The van der Waals surface area contributed by atoms with E-state index in [1.54, 1.807) is 25.1 Å². The Hall–Kier alpha value is -2.41. The number of rotatable bonds is 7. The van der Waals surface area contributed by atoms with E-state index in [0.717, 1.165) is 11.3 Å². The SMILES string of the molecule is CCOc1ccccc1OCC(=O)c1nc(C)c(C(=O)O)s1. The average Bonchev–Trinajstić information content (AvgIpc) is 2.88. The van der Waals surface area contributed by atoms with Gasteiger partial charge in [-0.05, 0) is 26.0 Å². The summed E-state index contributed by atoms with van der Waals surface area (Å²) in [5, 5.41) is 9.10. The first kappa shape index (κ1) is 16.0. The number of aromatic nitrogens is 1. The van der Waals surface area contributed by atoms with Crippen LogP contribution in [0.2, 0.25) is 0 Å². The standard InChI is InChI=1S/C15H15NO5S/c1-3-20-11-6-4-5-7-12(11)21-8-10(17)14-16-9(2)13(22-14)15(18)19/h4-7H,3,8H2,1-2H3,(H,18,19). The second-order valence-electron chi connectivity index (χ2n) is 4.33. The molecule has 0 saturated carbocycles. The van der Waals surface area contributed by atoms with E-state index in [-0.39, 0.29) is 22.3 Å². The maximum atomic E-state index is 12.1. The van der Waals surface area contributed by atoms with E-state index in [1.165, 1.54) is 0 Å². The number of hydrogen-bond donors (Lipinski definition) is 1. The highest BCUT2D eigenvalue weighted by atomic mass is 32.1. The van der Waals surface area contributed by atoms with Crippen LogP contribution in [0.25, 0.3) is 0 Å². The first-order valence-electron chi connectivity index (χ1n) is 6.61. The average molecular weight is 321 g/mol. The summed E-state index contributed by atoms with van der Waals surface area (Å²) < 4.78 is 10.9. The first-order chi connectivity index (χ1) is 10.5. The van der Waals surface area contributed by atoms with Gasteiger partial charge >= 0.3 is 5.97 Å². The number of benzene rings is 1. The number of ketones is 1.